The number of amides is 1. The maximum absolute atomic E-state index is 13.7. The summed E-state index contributed by atoms with van der Waals surface area (Å²) in [5, 5.41) is 4.33. The minimum atomic E-state index is -4.15. The fraction of sp³-hybridized carbons (Fsp3) is 0.0938. The van der Waals surface area contributed by atoms with Crippen LogP contribution in [-0.2, 0) is 24.8 Å². The van der Waals surface area contributed by atoms with Gasteiger partial charge in [-0.25, -0.2) is 16.8 Å². The van der Waals surface area contributed by atoms with Crippen molar-refractivity contribution in [2.45, 2.75) is 16.7 Å². The Balaban J connectivity index is 1.36. The fourth-order valence-corrected chi connectivity index (χ4v) is 7.06. The number of sulfonamides is 2. The molecule has 5 aromatic rings. The van der Waals surface area contributed by atoms with Crippen LogP contribution in [0.25, 0.3) is 10.8 Å². The van der Waals surface area contributed by atoms with E-state index in [2.05, 4.69) is 10.0 Å². The molecule has 0 aliphatic carbocycles. The first kappa shape index (κ1) is 29.6. The van der Waals surface area contributed by atoms with Gasteiger partial charge in [-0.05, 0) is 66.9 Å². The topological polar surface area (TPSA) is 122 Å². The highest BCUT2D eigenvalue weighted by Crippen LogP contribution is 2.33. The molecular formula is C32H29N3O6S2. The fourth-order valence-electron chi connectivity index (χ4n) is 4.53. The summed E-state index contributed by atoms with van der Waals surface area (Å²) in [5.74, 6) is -0.319. The number of anilines is 3. The predicted octanol–water partition coefficient (Wildman–Crippen LogP) is 5.87. The van der Waals surface area contributed by atoms with E-state index < -0.39 is 32.5 Å². The zero-order chi connectivity index (χ0) is 30.5. The Hall–Kier alpha value is -4.87. The van der Waals surface area contributed by atoms with Gasteiger partial charge in [-0.2, -0.15) is 0 Å². The monoisotopic (exact) mass is 615 g/mol. The van der Waals surface area contributed by atoms with Gasteiger partial charge in [0, 0.05) is 11.1 Å². The molecule has 0 radical (unpaired) electrons. The van der Waals surface area contributed by atoms with Crippen molar-refractivity contribution in [3.8, 4) is 5.75 Å². The van der Waals surface area contributed by atoms with Gasteiger partial charge in [0.1, 0.15) is 12.3 Å². The van der Waals surface area contributed by atoms with E-state index in [1.807, 2.05) is 30.3 Å². The van der Waals surface area contributed by atoms with E-state index in [9.17, 15) is 21.6 Å². The summed E-state index contributed by atoms with van der Waals surface area (Å²) < 4.78 is 62.9. The van der Waals surface area contributed by atoms with Crippen molar-refractivity contribution in [1.82, 2.24) is 0 Å². The third-order valence-corrected chi connectivity index (χ3v) is 9.69. The van der Waals surface area contributed by atoms with Gasteiger partial charge >= 0.3 is 0 Å². The lowest BCUT2D eigenvalue weighted by atomic mass is 10.1. The van der Waals surface area contributed by atoms with E-state index in [1.54, 1.807) is 61.5 Å². The number of hydrogen-bond donors (Lipinski definition) is 2. The van der Waals surface area contributed by atoms with Gasteiger partial charge in [-0.3, -0.25) is 13.8 Å². The SMILES string of the molecule is CCOc1ccccc1N(CC(=O)Nc1ccc(S(=O)(=O)Nc2cccc3ccccc23)cc1)S(=O)(=O)c1ccccc1. The summed E-state index contributed by atoms with van der Waals surface area (Å²) in [7, 11) is -8.08. The summed E-state index contributed by atoms with van der Waals surface area (Å²) in [6.07, 6.45) is 0. The smallest absolute Gasteiger partial charge is 0.264 e. The summed E-state index contributed by atoms with van der Waals surface area (Å²) in [5.41, 5.74) is 0.955. The molecule has 220 valence electrons. The van der Waals surface area contributed by atoms with E-state index in [0.717, 1.165) is 15.1 Å². The standard InChI is InChI=1S/C32H29N3O6S2/c1-2-41-31-18-9-8-17-30(31)35(43(39,40)27-13-4-3-5-14-27)23-32(36)33-25-19-21-26(22-20-25)42(37,38)34-29-16-10-12-24-11-6-7-15-28(24)29/h3-22,34H,2,23H2,1H3,(H,33,36). The van der Waals surface area contributed by atoms with Crippen LogP contribution in [-0.4, -0.2) is 35.9 Å². The number of carbonyl (C=O) groups is 1. The molecule has 5 aromatic carbocycles. The third-order valence-electron chi connectivity index (χ3n) is 6.53. The average molecular weight is 616 g/mol. The minimum Gasteiger partial charge on any atom is -0.492 e. The molecule has 0 saturated heterocycles. The molecule has 0 spiro atoms. The van der Waals surface area contributed by atoms with Crippen LogP contribution < -0.4 is 19.1 Å². The van der Waals surface area contributed by atoms with E-state index in [-0.39, 0.29) is 15.5 Å². The normalized spacial score (nSPS) is 11.6. The van der Waals surface area contributed by atoms with E-state index in [0.29, 0.717) is 23.7 Å². The number of para-hydroxylation sites is 2. The van der Waals surface area contributed by atoms with E-state index in [1.165, 1.54) is 36.4 Å². The molecule has 0 unspecified atom stereocenters. The largest absolute Gasteiger partial charge is 0.492 e. The lowest BCUT2D eigenvalue weighted by Gasteiger charge is -2.26. The van der Waals surface area contributed by atoms with Crippen molar-refractivity contribution in [3.63, 3.8) is 0 Å². The molecule has 11 heteroatoms. The first-order chi connectivity index (χ1) is 20.7. The molecule has 9 nitrogen and oxygen atoms in total. The van der Waals surface area contributed by atoms with Crippen LogP contribution in [0.3, 0.4) is 0 Å². The maximum Gasteiger partial charge on any atom is 0.264 e. The second kappa shape index (κ2) is 12.6. The highest BCUT2D eigenvalue weighted by atomic mass is 32.2. The molecule has 5 rings (SSSR count). The van der Waals surface area contributed by atoms with Crippen molar-refractivity contribution < 1.29 is 26.4 Å². The molecule has 0 bridgehead atoms. The summed E-state index contributed by atoms with van der Waals surface area (Å²) in [4.78, 5) is 13.2. The van der Waals surface area contributed by atoms with E-state index in [4.69, 9.17) is 4.74 Å². The van der Waals surface area contributed by atoms with Gasteiger partial charge in [-0.15, -0.1) is 0 Å². The Kier molecular flexibility index (Phi) is 8.65. The second-order valence-corrected chi connectivity index (χ2v) is 13.0. The Bertz CT molecular complexity index is 1960. The van der Waals surface area contributed by atoms with Crippen molar-refractivity contribution in [3.05, 3.63) is 121 Å². The number of ether oxygens (including phenoxy) is 1. The van der Waals surface area contributed by atoms with E-state index >= 15 is 0 Å². The molecule has 1 amide bonds. The predicted molar refractivity (Wildman–Crippen MR) is 168 cm³/mol. The quantitative estimate of drug-likeness (QED) is 0.192. The number of fused-ring (bicyclic) bond motifs is 1. The zero-order valence-electron chi connectivity index (χ0n) is 23.2. The Labute approximate surface area is 250 Å². The molecular weight excluding hydrogens is 587 g/mol. The number of nitrogens with one attached hydrogen (secondary N) is 2. The third kappa shape index (κ3) is 6.63. The van der Waals surface area contributed by atoms with Crippen LogP contribution in [0.15, 0.2) is 131 Å². The highest BCUT2D eigenvalue weighted by molar-refractivity contribution is 7.93. The molecule has 43 heavy (non-hydrogen) atoms. The second-order valence-electron chi connectivity index (χ2n) is 9.43. The van der Waals surface area contributed by atoms with Crippen LogP contribution in [0.2, 0.25) is 0 Å². The molecule has 2 N–H and O–H groups in total. The molecule has 0 aromatic heterocycles. The lowest BCUT2D eigenvalue weighted by Crippen LogP contribution is -2.38. The van der Waals surface area contributed by atoms with Crippen molar-refractivity contribution in [2.24, 2.45) is 0 Å². The van der Waals surface area contributed by atoms with Gasteiger partial charge in [0.25, 0.3) is 20.0 Å². The van der Waals surface area contributed by atoms with Gasteiger partial charge < -0.3 is 10.1 Å². The molecule has 0 aliphatic heterocycles. The van der Waals surface area contributed by atoms with Gasteiger partial charge in [0.2, 0.25) is 5.91 Å². The summed E-state index contributed by atoms with van der Waals surface area (Å²) >= 11 is 0. The Morgan fingerprint density at radius 1 is 0.721 bits per heavy atom. The number of nitrogens with zero attached hydrogens (tertiary/aromatic N) is 1. The van der Waals surface area contributed by atoms with Gasteiger partial charge in [0.05, 0.1) is 27.8 Å². The van der Waals surface area contributed by atoms with Crippen LogP contribution >= 0.6 is 0 Å². The molecule has 0 heterocycles. The Morgan fingerprint density at radius 2 is 1.37 bits per heavy atom. The number of hydrogen-bond acceptors (Lipinski definition) is 6. The maximum atomic E-state index is 13.7. The van der Waals surface area contributed by atoms with Crippen molar-refractivity contribution in [2.75, 3.05) is 27.5 Å². The van der Waals surface area contributed by atoms with Crippen LogP contribution in [0.1, 0.15) is 6.92 Å². The summed E-state index contributed by atoms with van der Waals surface area (Å²) in [6, 6.07) is 32.8. The van der Waals surface area contributed by atoms with Crippen molar-refractivity contribution >= 4 is 53.8 Å². The van der Waals surface area contributed by atoms with Crippen LogP contribution in [0.4, 0.5) is 17.1 Å². The first-order valence-corrected chi connectivity index (χ1v) is 16.3. The molecule has 0 saturated carbocycles. The average Bonchev–Trinajstić information content (AvgIpc) is 3.01. The number of benzene rings is 5. The molecule has 0 aliphatic rings. The highest BCUT2D eigenvalue weighted by Gasteiger charge is 2.29. The van der Waals surface area contributed by atoms with Crippen molar-refractivity contribution in [1.29, 1.82) is 0 Å². The zero-order valence-corrected chi connectivity index (χ0v) is 24.8. The number of rotatable bonds is 11. The lowest BCUT2D eigenvalue weighted by molar-refractivity contribution is -0.114. The molecule has 0 fully saturated rings. The van der Waals surface area contributed by atoms with Crippen LogP contribution in [0, 0.1) is 0 Å². The summed E-state index contributed by atoms with van der Waals surface area (Å²) in [6.45, 7) is 1.53. The van der Waals surface area contributed by atoms with Gasteiger partial charge in [-0.1, -0.05) is 66.7 Å². The number of carbonyl (C=O) groups excluding carboxylic acids is 1. The van der Waals surface area contributed by atoms with Crippen LogP contribution in [0.5, 0.6) is 5.75 Å². The molecule has 0 atom stereocenters. The van der Waals surface area contributed by atoms with Gasteiger partial charge in [0.15, 0.2) is 0 Å². The minimum absolute atomic E-state index is 0.00245. The Morgan fingerprint density at radius 3 is 2.12 bits per heavy atom. The first-order valence-electron chi connectivity index (χ1n) is 13.4.